The number of carbonyl (C=O) groups is 1. The van der Waals surface area contributed by atoms with Gasteiger partial charge < -0.3 is 5.32 Å². The van der Waals surface area contributed by atoms with E-state index in [9.17, 15) is 9.18 Å². The molecule has 3 aromatic rings. The monoisotopic (exact) mass is 451 g/mol. The third-order valence-electron chi connectivity index (χ3n) is 3.38. The molecule has 0 unspecified atom stereocenters. The number of benzene rings is 2. The summed E-state index contributed by atoms with van der Waals surface area (Å²) in [4.78, 5) is 12.2. The van der Waals surface area contributed by atoms with Gasteiger partial charge in [0.1, 0.15) is 5.82 Å². The van der Waals surface area contributed by atoms with Crippen LogP contribution in [0.25, 0.3) is 11.1 Å². The van der Waals surface area contributed by atoms with E-state index in [4.69, 9.17) is 11.6 Å². The van der Waals surface area contributed by atoms with Crippen molar-refractivity contribution in [2.75, 3.05) is 0 Å². The fourth-order valence-electron chi connectivity index (χ4n) is 2.06. The van der Waals surface area contributed by atoms with Gasteiger partial charge in [0, 0.05) is 11.0 Å². The average molecular weight is 453 g/mol. The van der Waals surface area contributed by atoms with Crippen molar-refractivity contribution in [2.45, 2.75) is 6.54 Å². The molecule has 0 radical (unpaired) electrons. The Hall–Kier alpha value is -2.09. The first-order valence-corrected chi connectivity index (χ1v) is 9.50. The molecule has 0 aliphatic heterocycles. The van der Waals surface area contributed by atoms with Crippen molar-refractivity contribution < 1.29 is 9.18 Å². The number of rotatable bonds is 5. The van der Waals surface area contributed by atoms with E-state index in [2.05, 4.69) is 31.4 Å². The molecule has 2 aromatic carbocycles. The number of amides is 1. The van der Waals surface area contributed by atoms with Crippen molar-refractivity contribution in [1.29, 1.82) is 0 Å². The van der Waals surface area contributed by atoms with Gasteiger partial charge in [-0.1, -0.05) is 69.2 Å². The van der Waals surface area contributed by atoms with E-state index in [1.165, 1.54) is 12.1 Å². The van der Waals surface area contributed by atoms with Crippen molar-refractivity contribution in [3.63, 3.8) is 0 Å². The zero-order valence-corrected chi connectivity index (χ0v) is 16.4. The first-order chi connectivity index (χ1) is 12.5. The Morgan fingerprint density at radius 1 is 1.15 bits per heavy atom. The average Bonchev–Trinajstić information content (AvgIpc) is 3.13. The van der Waals surface area contributed by atoms with Crippen LogP contribution < -0.4 is 5.32 Å². The molecule has 0 saturated heterocycles. The number of nitrogens with zero attached hydrogens (tertiary/aromatic N) is 2. The van der Waals surface area contributed by atoms with E-state index in [1.807, 2.05) is 24.3 Å². The van der Waals surface area contributed by atoms with E-state index in [0.29, 0.717) is 10.0 Å². The second-order valence-electron chi connectivity index (χ2n) is 5.24. The highest BCUT2D eigenvalue weighted by Crippen LogP contribution is 2.27. The van der Waals surface area contributed by atoms with E-state index < -0.39 is 0 Å². The second-order valence-corrected chi connectivity index (χ2v) is 7.47. The highest BCUT2D eigenvalue weighted by molar-refractivity contribution is 9.10. The Labute approximate surface area is 166 Å². The molecule has 1 N–H and O–H groups in total. The summed E-state index contributed by atoms with van der Waals surface area (Å²) in [6, 6.07) is 13.5. The Morgan fingerprint density at radius 2 is 1.85 bits per heavy atom. The fourth-order valence-corrected chi connectivity index (χ4v) is 3.40. The van der Waals surface area contributed by atoms with Crippen LogP contribution in [0.3, 0.4) is 0 Å². The van der Waals surface area contributed by atoms with Crippen molar-refractivity contribution in [3.05, 3.63) is 80.0 Å². The standard InChI is InChI=1S/C18H12BrClFN3OS/c19-14-4-2-1-3-12(14)9-15(20)17-23-24-18(26-17)16(25)22-10-11-5-7-13(21)8-6-11/h1-9H,10H2,(H,22,25)/b15-9-. The van der Waals surface area contributed by atoms with Gasteiger partial charge in [-0.2, -0.15) is 0 Å². The fraction of sp³-hybridized carbons (Fsp3) is 0.0556. The number of hydrogen-bond acceptors (Lipinski definition) is 4. The Bertz CT molecular complexity index is 959. The third-order valence-corrected chi connectivity index (χ3v) is 5.45. The van der Waals surface area contributed by atoms with Gasteiger partial charge in [0.05, 0.1) is 5.03 Å². The lowest BCUT2D eigenvalue weighted by Crippen LogP contribution is -2.22. The van der Waals surface area contributed by atoms with Crippen molar-refractivity contribution in [2.24, 2.45) is 0 Å². The van der Waals surface area contributed by atoms with Crippen LogP contribution in [-0.4, -0.2) is 16.1 Å². The van der Waals surface area contributed by atoms with Gasteiger partial charge in [-0.25, -0.2) is 4.39 Å². The Morgan fingerprint density at radius 3 is 2.58 bits per heavy atom. The molecule has 4 nitrogen and oxygen atoms in total. The van der Waals surface area contributed by atoms with Crippen LogP contribution in [0.15, 0.2) is 53.0 Å². The Kier molecular flexibility index (Phi) is 6.13. The molecular formula is C18H12BrClFN3OS. The van der Waals surface area contributed by atoms with Crippen molar-refractivity contribution in [3.8, 4) is 0 Å². The number of carbonyl (C=O) groups excluding carboxylic acids is 1. The van der Waals surface area contributed by atoms with Crippen LogP contribution >= 0.6 is 38.9 Å². The summed E-state index contributed by atoms with van der Waals surface area (Å²) in [5, 5.41) is 11.6. The first-order valence-electron chi connectivity index (χ1n) is 7.51. The minimum Gasteiger partial charge on any atom is -0.346 e. The molecule has 0 spiro atoms. The summed E-state index contributed by atoms with van der Waals surface area (Å²) >= 11 is 10.9. The van der Waals surface area contributed by atoms with Crippen LogP contribution in [0, 0.1) is 5.82 Å². The normalized spacial score (nSPS) is 11.4. The summed E-state index contributed by atoms with van der Waals surface area (Å²) in [5.41, 5.74) is 1.69. The zero-order valence-electron chi connectivity index (χ0n) is 13.2. The van der Waals surface area contributed by atoms with Gasteiger partial charge >= 0.3 is 0 Å². The molecule has 26 heavy (non-hydrogen) atoms. The zero-order chi connectivity index (χ0) is 18.5. The highest BCUT2D eigenvalue weighted by Gasteiger charge is 2.14. The van der Waals surface area contributed by atoms with Gasteiger partial charge in [0.25, 0.3) is 5.91 Å². The molecule has 1 amide bonds. The molecule has 0 saturated carbocycles. The summed E-state index contributed by atoms with van der Waals surface area (Å²) in [7, 11) is 0. The van der Waals surface area contributed by atoms with Crippen molar-refractivity contribution >= 4 is 55.9 Å². The maximum atomic E-state index is 12.9. The maximum absolute atomic E-state index is 12.9. The van der Waals surface area contributed by atoms with Gasteiger partial charge in [-0.15, -0.1) is 10.2 Å². The van der Waals surface area contributed by atoms with E-state index in [-0.39, 0.29) is 23.3 Å². The van der Waals surface area contributed by atoms with E-state index in [1.54, 1.807) is 18.2 Å². The van der Waals surface area contributed by atoms with Crippen LogP contribution in [-0.2, 0) is 6.54 Å². The SMILES string of the molecule is O=C(NCc1ccc(F)cc1)c1nnc(/C(Cl)=C/c2ccccc2Br)s1. The smallest absolute Gasteiger partial charge is 0.282 e. The van der Waals surface area contributed by atoms with Gasteiger partial charge in [-0.05, 0) is 35.4 Å². The number of nitrogens with one attached hydrogen (secondary N) is 1. The number of halogens is 3. The highest BCUT2D eigenvalue weighted by atomic mass is 79.9. The topological polar surface area (TPSA) is 54.9 Å². The lowest BCUT2D eigenvalue weighted by Gasteiger charge is -2.02. The molecule has 0 fully saturated rings. The molecule has 8 heteroatoms. The molecule has 3 rings (SSSR count). The van der Waals surface area contributed by atoms with Crippen LogP contribution in [0.4, 0.5) is 4.39 Å². The lowest BCUT2D eigenvalue weighted by atomic mass is 10.2. The molecule has 0 atom stereocenters. The van der Waals surface area contributed by atoms with E-state index >= 15 is 0 Å². The minimum atomic E-state index is -0.358. The van der Waals surface area contributed by atoms with Gasteiger partial charge in [0.2, 0.25) is 5.01 Å². The molecule has 0 aliphatic carbocycles. The largest absolute Gasteiger partial charge is 0.346 e. The predicted octanol–water partition coefficient (Wildman–Crippen LogP) is 5.11. The lowest BCUT2D eigenvalue weighted by molar-refractivity contribution is 0.0950. The predicted molar refractivity (Wildman–Crippen MR) is 105 cm³/mol. The molecule has 1 heterocycles. The summed E-state index contributed by atoms with van der Waals surface area (Å²) < 4.78 is 13.8. The number of hydrogen-bond donors (Lipinski definition) is 1. The van der Waals surface area contributed by atoms with E-state index in [0.717, 1.165) is 26.9 Å². The molecular weight excluding hydrogens is 441 g/mol. The van der Waals surface area contributed by atoms with Crippen LogP contribution in [0.5, 0.6) is 0 Å². The molecule has 132 valence electrons. The summed E-state index contributed by atoms with van der Waals surface area (Å²) in [6.45, 7) is 0.272. The first kappa shape index (κ1) is 18.7. The Balaban J connectivity index is 1.67. The second kappa shape index (κ2) is 8.53. The molecule has 0 aliphatic rings. The van der Waals surface area contributed by atoms with Crippen molar-refractivity contribution in [1.82, 2.24) is 15.5 Å². The van der Waals surface area contributed by atoms with Crippen LogP contribution in [0.2, 0.25) is 0 Å². The van der Waals surface area contributed by atoms with Gasteiger partial charge in [0.15, 0.2) is 5.01 Å². The molecule has 1 aromatic heterocycles. The minimum absolute atomic E-state index is 0.209. The number of aromatic nitrogens is 2. The summed E-state index contributed by atoms with van der Waals surface area (Å²) in [5.74, 6) is -0.677. The molecule has 0 bridgehead atoms. The summed E-state index contributed by atoms with van der Waals surface area (Å²) in [6.07, 6.45) is 1.76. The van der Waals surface area contributed by atoms with Gasteiger partial charge in [-0.3, -0.25) is 4.79 Å². The maximum Gasteiger partial charge on any atom is 0.282 e. The third kappa shape index (κ3) is 4.75. The van der Waals surface area contributed by atoms with Crippen LogP contribution in [0.1, 0.15) is 25.9 Å². The quantitative estimate of drug-likeness (QED) is 0.585.